The van der Waals surface area contributed by atoms with Crippen molar-refractivity contribution in [2.45, 2.75) is 30.2 Å². The maximum Gasteiger partial charge on any atom is 0.0529 e. The lowest BCUT2D eigenvalue weighted by Gasteiger charge is -2.51. The Kier molecular flexibility index (Phi) is 3.89. The summed E-state index contributed by atoms with van der Waals surface area (Å²) in [6, 6.07) is 15.4. The highest BCUT2D eigenvalue weighted by Gasteiger charge is 2.45. The van der Waals surface area contributed by atoms with Crippen LogP contribution in [-0.2, 0) is 0 Å². The Morgan fingerprint density at radius 1 is 1.00 bits per heavy atom. The van der Waals surface area contributed by atoms with Crippen molar-refractivity contribution < 1.29 is 0 Å². The molecule has 1 aromatic carbocycles. The zero-order valence-electron chi connectivity index (χ0n) is 12.6. The highest BCUT2D eigenvalue weighted by atomic mass is 35.5. The van der Waals surface area contributed by atoms with Crippen LogP contribution in [0.2, 0.25) is 0 Å². The molecule has 3 heteroatoms. The molecule has 0 N–H and O–H groups in total. The van der Waals surface area contributed by atoms with E-state index in [0.29, 0.717) is 17.9 Å². The third-order valence-corrected chi connectivity index (χ3v) is 5.93. The third kappa shape index (κ3) is 2.45. The second-order valence-corrected chi connectivity index (χ2v) is 6.99. The molecule has 0 radical (unpaired) electrons. The normalized spacial score (nSPS) is 31.9. The zero-order valence-corrected chi connectivity index (χ0v) is 13.4. The van der Waals surface area contributed by atoms with Crippen LogP contribution in [0.25, 0.3) is 0 Å². The summed E-state index contributed by atoms with van der Waals surface area (Å²) in [6.07, 6.45) is 6.35. The quantitative estimate of drug-likeness (QED) is 0.799. The van der Waals surface area contributed by atoms with Gasteiger partial charge in [-0.1, -0.05) is 36.4 Å². The largest absolute Gasteiger partial charge is 0.298 e. The van der Waals surface area contributed by atoms with E-state index in [2.05, 4.69) is 46.3 Å². The summed E-state index contributed by atoms with van der Waals surface area (Å²) >= 11 is 6.91. The first-order valence-electron chi connectivity index (χ1n) is 8.17. The molecule has 2 nitrogen and oxygen atoms in total. The number of piperidine rings is 3. The lowest BCUT2D eigenvalue weighted by molar-refractivity contribution is 0.0458. The molecule has 3 saturated heterocycles. The van der Waals surface area contributed by atoms with Crippen molar-refractivity contribution in [1.29, 1.82) is 0 Å². The Hall–Kier alpha value is -1.38. The van der Waals surface area contributed by atoms with Crippen LogP contribution >= 0.6 is 11.6 Å². The second kappa shape index (κ2) is 6.02. The fourth-order valence-electron chi connectivity index (χ4n) is 4.22. The van der Waals surface area contributed by atoms with Gasteiger partial charge in [-0.2, -0.15) is 0 Å². The molecular weight excluding hydrogens is 292 g/mol. The van der Waals surface area contributed by atoms with Gasteiger partial charge in [0.05, 0.1) is 5.38 Å². The smallest absolute Gasteiger partial charge is 0.0529 e. The predicted molar refractivity (Wildman–Crippen MR) is 90.2 cm³/mol. The molecule has 2 bridgehead atoms. The number of hydrogen-bond donors (Lipinski definition) is 0. The van der Waals surface area contributed by atoms with Crippen LogP contribution in [0.4, 0.5) is 0 Å². The molecule has 3 fully saturated rings. The molecule has 22 heavy (non-hydrogen) atoms. The number of nitrogens with zero attached hydrogens (tertiary/aromatic N) is 2. The highest BCUT2D eigenvalue weighted by Crippen LogP contribution is 2.43. The van der Waals surface area contributed by atoms with Crippen molar-refractivity contribution >= 4 is 11.6 Å². The molecule has 114 valence electrons. The number of alkyl halides is 1. The first-order chi connectivity index (χ1) is 10.8. The first-order valence-corrected chi connectivity index (χ1v) is 8.61. The van der Waals surface area contributed by atoms with Gasteiger partial charge in [0, 0.05) is 24.4 Å². The van der Waals surface area contributed by atoms with E-state index in [0.717, 1.165) is 0 Å². The summed E-state index contributed by atoms with van der Waals surface area (Å²) in [7, 11) is 0. The molecule has 0 amide bonds. The van der Waals surface area contributed by atoms with E-state index in [1.165, 1.54) is 37.1 Å². The lowest BCUT2D eigenvalue weighted by Crippen LogP contribution is -2.58. The van der Waals surface area contributed by atoms with E-state index in [1.807, 2.05) is 18.5 Å². The number of pyridine rings is 1. The molecule has 1 aromatic heterocycles. The Bertz CT molecular complexity index is 566. The monoisotopic (exact) mass is 312 g/mol. The van der Waals surface area contributed by atoms with Gasteiger partial charge in [-0.15, -0.1) is 11.6 Å². The maximum atomic E-state index is 6.91. The van der Waals surface area contributed by atoms with Gasteiger partial charge in [0.1, 0.15) is 0 Å². The summed E-state index contributed by atoms with van der Waals surface area (Å²) in [5.74, 6) is 0.972. The fourth-order valence-corrected chi connectivity index (χ4v) is 4.77. The molecule has 0 spiro atoms. The molecule has 0 aliphatic carbocycles. The van der Waals surface area contributed by atoms with Crippen molar-refractivity contribution in [3.8, 4) is 0 Å². The average Bonchev–Trinajstić information content (AvgIpc) is 2.60. The highest BCUT2D eigenvalue weighted by molar-refractivity contribution is 6.21. The van der Waals surface area contributed by atoms with Crippen LogP contribution in [0, 0.1) is 5.92 Å². The van der Waals surface area contributed by atoms with E-state index < -0.39 is 0 Å². The van der Waals surface area contributed by atoms with Gasteiger partial charge in [-0.05, 0) is 49.0 Å². The number of hydrogen-bond acceptors (Lipinski definition) is 2. The Morgan fingerprint density at radius 2 is 1.73 bits per heavy atom. The fraction of sp³-hybridized carbons (Fsp3) is 0.421. The van der Waals surface area contributed by atoms with Gasteiger partial charge in [0.25, 0.3) is 0 Å². The minimum atomic E-state index is 0.230. The van der Waals surface area contributed by atoms with Crippen molar-refractivity contribution in [2.24, 2.45) is 5.92 Å². The standard InChI is InChI=1S/C19H21ClN2/c20-18-15-8-11-22(12-9-15)19(18)17(14-5-2-1-3-6-14)16-7-4-10-21-13-16/h1-7,10,13,15,17-19H,8-9,11-12H2. The van der Waals surface area contributed by atoms with Crippen LogP contribution in [0.5, 0.6) is 0 Å². The van der Waals surface area contributed by atoms with Gasteiger partial charge in [0.15, 0.2) is 0 Å². The zero-order chi connectivity index (χ0) is 14.9. The third-order valence-electron chi connectivity index (χ3n) is 5.32. The van der Waals surface area contributed by atoms with Crippen molar-refractivity contribution in [1.82, 2.24) is 9.88 Å². The van der Waals surface area contributed by atoms with Crippen LogP contribution in [0.3, 0.4) is 0 Å². The molecule has 2 aromatic rings. The molecule has 4 heterocycles. The molecule has 3 unspecified atom stereocenters. The SMILES string of the molecule is ClC1C2CCN(CC2)C1C(c1ccccc1)c1cccnc1. The summed E-state index contributed by atoms with van der Waals surface area (Å²) in [5.41, 5.74) is 2.62. The van der Waals surface area contributed by atoms with E-state index in [4.69, 9.17) is 11.6 Å². The molecule has 0 saturated carbocycles. The minimum Gasteiger partial charge on any atom is -0.298 e. The number of rotatable bonds is 3. The molecule has 3 aliphatic rings. The van der Waals surface area contributed by atoms with Gasteiger partial charge in [-0.3, -0.25) is 9.88 Å². The van der Waals surface area contributed by atoms with Crippen molar-refractivity contribution in [3.63, 3.8) is 0 Å². The molecule has 3 aliphatic heterocycles. The average molecular weight is 313 g/mol. The Morgan fingerprint density at radius 3 is 2.36 bits per heavy atom. The maximum absolute atomic E-state index is 6.91. The summed E-state index contributed by atoms with van der Waals surface area (Å²) in [6.45, 7) is 2.37. The van der Waals surface area contributed by atoms with Gasteiger partial charge in [-0.25, -0.2) is 0 Å². The number of benzene rings is 1. The van der Waals surface area contributed by atoms with Crippen LogP contribution in [0.15, 0.2) is 54.9 Å². The van der Waals surface area contributed by atoms with Gasteiger partial charge >= 0.3 is 0 Å². The van der Waals surface area contributed by atoms with E-state index in [1.54, 1.807) is 0 Å². The van der Waals surface area contributed by atoms with Gasteiger partial charge < -0.3 is 0 Å². The van der Waals surface area contributed by atoms with Crippen molar-refractivity contribution in [3.05, 3.63) is 66.0 Å². The topological polar surface area (TPSA) is 16.1 Å². The Labute approximate surface area is 137 Å². The number of fused-ring (bicyclic) bond motifs is 3. The predicted octanol–water partition coefficient (Wildman–Crippen LogP) is 3.92. The summed E-state index contributed by atoms with van der Waals surface area (Å²) in [4.78, 5) is 6.95. The second-order valence-electron chi connectivity index (χ2n) is 6.48. The Balaban J connectivity index is 1.78. The lowest BCUT2D eigenvalue weighted by atomic mass is 9.74. The summed E-state index contributed by atoms with van der Waals surface area (Å²) in [5, 5.41) is 0.230. The summed E-state index contributed by atoms with van der Waals surface area (Å²) < 4.78 is 0. The van der Waals surface area contributed by atoms with Crippen LogP contribution in [-0.4, -0.2) is 34.4 Å². The van der Waals surface area contributed by atoms with Crippen molar-refractivity contribution in [2.75, 3.05) is 13.1 Å². The molecule has 3 atom stereocenters. The van der Waals surface area contributed by atoms with E-state index >= 15 is 0 Å². The minimum absolute atomic E-state index is 0.230. The van der Waals surface area contributed by atoms with E-state index in [9.17, 15) is 0 Å². The first kappa shape index (κ1) is 14.2. The van der Waals surface area contributed by atoms with Gasteiger partial charge in [0.2, 0.25) is 0 Å². The van der Waals surface area contributed by atoms with Crippen LogP contribution in [0.1, 0.15) is 29.9 Å². The van der Waals surface area contributed by atoms with E-state index in [-0.39, 0.29) is 5.38 Å². The molecule has 5 rings (SSSR count). The number of aromatic nitrogens is 1. The van der Waals surface area contributed by atoms with Crippen LogP contribution < -0.4 is 0 Å². The molecular formula is C19H21ClN2. The number of halogens is 1.